The van der Waals surface area contributed by atoms with E-state index in [1.54, 1.807) is 0 Å². The highest BCUT2D eigenvalue weighted by molar-refractivity contribution is 5.65. The van der Waals surface area contributed by atoms with Crippen molar-refractivity contribution in [1.82, 2.24) is 4.90 Å². The van der Waals surface area contributed by atoms with Crippen LogP contribution in [0.4, 0.5) is 0 Å². The van der Waals surface area contributed by atoms with Gasteiger partial charge in [-0.1, -0.05) is 0 Å². The maximum atomic E-state index is 10.5. The highest BCUT2D eigenvalue weighted by atomic mass is 16.5. The smallest absolute Gasteiger partial charge is 0.302 e. The van der Waals surface area contributed by atoms with Crippen molar-refractivity contribution in [2.45, 2.75) is 19.8 Å². The van der Waals surface area contributed by atoms with E-state index in [0.29, 0.717) is 12.5 Å². The highest BCUT2D eigenvalue weighted by Gasteiger charge is 2.17. The molecule has 0 aromatic carbocycles. The van der Waals surface area contributed by atoms with E-state index in [1.807, 2.05) is 0 Å². The van der Waals surface area contributed by atoms with Gasteiger partial charge in [-0.2, -0.15) is 0 Å². The van der Waals surface area contributed by atoms with Crippen molar-refractivity contribution in [3.8, 4) is 0 Å². The summed E-state index contributed by atoms with van der Waals surface area (Å²) in [6, 6.07) is 0. The molecule has 0 aliphatic carbocycles. The fourth-order valence-electron chi connectivity index (χ4n) is 1.64. The molecule has 1 aliphatic rings. The van der Waals surface area contributed by atoms with Crippen LogP contribution in [0.2, 0.25) is 0 Å². The fourth-order valence-corrected chi connectivity index (χ4v) is 1.64. The lowest BCUT2D eigenvalue weighted by Crippen LogP contribution is -2.34. The van der Waals surface area contributed by atoms with E-state index in [9.17, 15) is 4.79 Å². The standard InChI is InChI=1S/C9H17NO2/c1-8(11)12-7-9-4-3-5-10(2)6-9/h9H,3-7H2,1-2H3/t9-/m0/s1. The predicted octanol–water partition coefficient (Wildman–Crippen LogP) is 0.891. The summed E-state index contributed by atoms with van der Waals surface area (Å²) in [7, 11) is 2.11. The van der Waals surface area contributed by atoms with Gasteiger partial charge in [-0.15, -0.1) is 0 Å². The van der Waals surface area contributed by atoms with E-state index in [2.05, 4.69) is 11.9 Å². The third-order valence-electron chi connectivity index (χ3n) is 2.24. The SMILES string of the molecule is CC(=O)OC[C@H]1CCCN(C)C1. The Hall–Kier alpha value is -0.570. The van der Waals surface area contributed by atoms with Gasteiger partial charge >= 0.3 is 5.97 Å². The Balaban J connectivity index is 2.18. The molecule has 0 N–H and O–H groups in total. The van der Waals surface area contributed by atoms with Crippen LogP contribution in [-0.2, 0) is 9.53 Å². The summed E-state index contributed by atoms with van der Waals surface area (Å²) in [5.41, 5.74) is 0. The van der Waals surface area contributed by atoms with Gasteiger partial charge in [-0.05, 0) is 26.4 Å². The summed E-state index contributed by atoms with van der Waals surface area (Å²) in [5, 5.41) is 0. The Labute approximate surface area is 73.7 Å². The molecule has 70 valence electrons. The quantitative estimate of drug-likeness (QED) is 0.578. The molecule has 0 amide bonds. The lowest BCUT2D eigenvalue weighted by molar-refractivity contribution is -0.142. The van der Waals surface area contributed by atoms with E-state index < -0.39 is 0 Å². The van der Waals surface area contributed by atoms with Crippen molar-refractivity contribution < 1.29 is 9.53 Å². The van der Waals surface area contributed by atoms with Crippen molar-refractivity contribution in [3.05, 3.63) is 0 Å². The number of hydrogen-bond donors (Lipinski definition) is 0. The molecule has 1 saturated heterocycles. The molecule has 0 aromatic heterocycles. The second-order valence-electron chi connectivity index (χ2n) is 3.57. The molecule has 0 saturated carbocycles. The number of esters is 1. The molecule has 0 unspecified atom stereocenters. The summed E-state index contributed by atoms with van der Waals surface area (Å²) < 4.78 is 4.96. The van der Waals surface area contributed by atoms with E-state index >= 15 is 0 Å². The molecule has 1 rings (SSSR count). The molecule has 0 bridgehead atoms. The number of nitrogens with zero attached hydrogens (tertiary/aromatic N) is 1. The summed E-state index contributed by atoms with van der Waals surface area (Å²) in [4.78, 5) is 12.8. The summed E-state index contributed by atoms with van der Waals surface area (Å²) >= 11 is 0. The van der Waals surface area contributed by atoms with Crippen molar-refractivity contribution in [1.29, 1.82) is 0 Å². The number of hydrogen-bond acceptors (Lipinski definition) is 3. The van der Waals surface area contributed by atoms with Crippen LogP contribution in [0, 0.1) is 5.92 Å². The van der Waals surface area contributed by atoms with Crippen LogP contribution in [-0.4, -0.2) is 37.6 Å². The van der Waals surface area contributed by atoms with Gasteiger partial charge in [0.15, 0.2) is 0 Å². The van der Waals surface area contributed by atoms with Crippen LogP contribution in [0.5, 0.6) is 0 Å². The van der Waals surface area contributed by atoms with Gasteiger partial charge in [0.2, 0.25) is 0 Å². The number of carbonyl (C=O) groups is 1. The maximum absolute atomic E-state index is 10.5. The molecule has 1 atom stereocenters. The first-order valence-corrected chi connectivity index (χ1v) is 4.50. The first kappa shape index (κ1) is 9.52. The molecule has 0 aromatic rings. The molecule has 12 heavy (non-hydrogen) atoms. The van der Waals surface area contributed by atoms with Crippen LogP contribution in [0.15, 0.2) is 0 Å². The zero-order valence-electron chi connectivity index (χ0n) is 7.88. The number of rotatable bonds is 2. The average molecular weight is 171 g/mol. The topological polar surface area (TPSA) is 29.5 Å². The van der Waals surface area contributed by atoms with Gasteiger partial charge in [0.25, 0.3) is 0 Å². The molecule has 1 fully saturated rings. The Morgan fingerprint density at radius 2 is 2.42 bits per heavy atom. The summed E-state index contributed by atoms with van der Waals surface area (Å²) in [6.45, 7) is 4.30. The largest absolute Gasteiger partial charge is 0.466 e. The minimum Gasteiger partial charge on any atom is -0.466 e. The first-order valence-electron chi connectivity index (χ1n) is 4.50. The van der Waals surface area contributed by atoms with Gasteiger partial charge in [0.1, 0.15) is 0 Å². The molecular formula is C9H17NO2. The minimum absolute atomic E-state index is 0.164. The maximum Gasteiger partial charge on any atom is 0.302 e. The number of ether oxygens (including phenoxy) is 1. The molecule has 3 heteroatoms. The predicted molar refractivity (Wildman–Crippen MR) is 46.9 cm³/mol. The van der Waals surface area contributed by atoms with Crippen LogP contribution in [0.1, 0.15) is 19.8 Å². The second-order valence-corrected chi connectivity index (χ2v) is 3.57. The van der Waals surface area contributed by atoms with Crippen LogP contribution in [0.25, 0.3) is 0 Å². The molecule has 1 aliphatic heterocycles. The number of piperidine rings is 1. The molecule has 3 nitrogen and oxygen atoms in total. The van der Waals surface area contributed by atoms with Crippen molar-refractivity contribution in [3.63, 3.8) is 0 Å². The van der Waals surface area contributed by atoms with Gasteiger partial charge in [0.05, 0.1) is 6.61 Å². The third kappa shape index (κ3) is 3.22. The van der Waals surface area contributed by atoms with E-state index in [0.717, 1.165) is 6.54 Å². The summed E-state index contributed by atoms with van der Waals surface area (Å²) in [5.74, 6) is 0.385. The number of likely N-dealkylation sites (tertiary alicyclic amines) is 1. The normalized spacial score (nSPS) is 25.3. The highest BCUT2D eigenvalue weighted by Crippen LogP contribution is 2.14. The van der Waals surface area contributed by atoms with E-state index in [-0.39, 0.29) is 5.97 Å². The van der Waals surface area contributed by atoms with E-state index in [1.165, 1.54) is 26.3 Å². The van der Waals surface area contributed by atoms with Crippen LogP contribution < -0.4 is 0 Å². The zero-order chi connectivity index (χ0) is 8.97. The monoisotopic (exact) mass is 171 g/mol. The van der Waals surface area contributed by atoms with Gasteiger partial charge in [0, 0.05) is 19.4 Å². The van der Waals surface area contributed by atoms with Crippen LogP contribution in [0.3, 0.4) is 0 Å². The molecule has 0 radical (unpaired) electrons. The van der Waals surface area contributed by atoms with Crippen molar-refractivity contribution >= 4 is 5.97 Å². The molecular weight excluding hydrogens is 154 g/mol. The Morgan fingerprint density at radius 1 is 1.67 bits per heavy atom. The fraction of sp³-hybridized carbons (Fsp3) is 0.889. The Morgan fingerprint density at radius 3 is 3.00 bits per heavy atom. The average Bonchev–Trinajstić information content (AvgIpc) is 2.01. The van der Waals surface area contributed by atoms with E-state index in [4.69, 9.17) is 4.74 Å². The first-order chi connectivity index (χ1) is 5.68. The lowest BCUT2D eigenvalue weighted by atomic mass is 10.00. The minimum atomic E-state index is -0.164. The molecule has 0 spiro atoms. The second kappa shape index (κ2) is 4.45. The van der Waals surface area contributed by atoms with Crippen molar-refractivity contribution in [2.75, 3.05) is 26.7 Å². The van der Waals surface area contributed by atoms with Gasteiger partial charge in [-0.3, -0.25) is 4.79 Å². The molecule has 1 heterocycles. The summed E-state index contributed by atoms with van der Waals surface area (Å²) in [6.07, 6.45) is 2.42. The Kier molecular flexibility index (Phi) is 3.53. The van der Waals surface area contributed by atoms with Crippen LogP contribution >= 0.6 is 0 Å². The Bertz CT molecular complexity index is 159. The van der Waals surface area contributed by atoms with Gasteiger partial charge < -0.3 is 9.64 Å². The number of carbonyl (C=O) groups excluding carboxylic acids is 1. The lowest BCUT2D eigenvalue weighted by Gasteiger charge is -2.28. The van der Waals surface area contributed by atoms with Crippen molar-refractivity contribution in [2.24, 2.45) is 5.92 Å². The third-order valence-corrected chi connectivity index (χ3v) is 2.24. The van der Waals surface area contributed by atoms with Gasteiger partial charge in [-0.25, -0.2) is 0 Å². The zero-order valence-corrected chi connectivity index (χ0v) is 7.88.